The van der Waals surface area contributed by atoms with Crippen molar-refractivity contribution in [2.45, 2.75) is 11.3 Å². The summed E-state index contributed by atoms with van der Waals surface area (Å²) in [4.78, 5) is 13.1. The van der Waals surface area contributed by atoms with E-state index in [1.54, 1.807) is 7.11 Å². The number of rotatable bonds is 7. The molecule has 8 nitrogen and oxygen atoms in total. The third-order valence-corrected chi connectivity index (χ3v) is 5.12. The number of anilines is 1. The molecule has 1 N–H and O–H groups in total. The highest BCUT2D eigenvalue weighted by Gasteiger charge is 2.14. The molecular weight excluding hydrogens is 394 g/mol. The second-order valence-corrected chi connectivity index (χ2v) is 7.22. The molecule has 1 aromatic heterocycles. The number of thioether (sulfide) groups is 1. The number of hydrogen-bond donors (Lipinski definition) is 1. The quantitative estimate of drug-likeness (QED) is 0.590. The van der Waals surface area contributed by atoms with Crippen LogP contribution >= 0.6 is 11.8 Å². The van der Waals surface area contributed by atoms with E-state index in [1.807, 2.05) is 42.5 Å². The van der Waals surface area contributed by atoms with Gasteiger partial charge in [-0.15, -0.1) is 16.9 Å². The van der Waals surface area contributed by atoms with Gasteiger partial charge in [-0.3, -0.25) is 10.1 Å². The number of nitrogens with zero attached hydrogens (tertiary/aromatic N) is 2. The normalized spacial score (nSPS) is 12.4. The second kappa shape index (κ2) is 8.87. The Bertz CT molecular complexity index is 990. The maximum Gasteiger partial charge on any atom is 0.322 e. The van der Waals surface area contributed by atoms with Gasteiger partial charge < -0.3 is 18.6 Å². The zero-order valence-electron chi connectivity index (χ0n) is 15.7. The van der Waals surface area contributed by atoms with E-state index in [2.05, 4.69) is 15.5 Å². The van der Waals surface area contributed by atoms with E-state index < -0.39 is 0 Å². The zero-order chi connectivity index (χ0) is 20.1. The summed E-state index contributed by atoms with van der Waals surface area (Å²) < 4.78 is 21.7. The second-order valence-electron chi connectivity index (χ2n) is 6.17. The summed E-state index contributed by atoms with van der Waals surface area (Å²) in [5.41, 5.74) is 0.950. The van der Waals surface area contributed by atoms with Crippen LogP contribution in [0, 0.1) is 0 Å². The number of fused-ring (bicyclic) bond motifs is 1. The van der Waals surface area contributed by atoms with Crippen molar-refractivity contribution in [2.24, 2.45) is 0 Å². The maximum atomic E-state index is 12.1. The summed E-state index contributed by atoms with van der Waals surface area (Å²) in [5, 5.41) is 10.5. The highest BCUT2D eigenvalue weighted by atomic mass is 32.2. The molecule has 0 spiro atoms. The monoisotopic (exact) mass is 413 g/mol. The number of benzene rings is 2. The smallest absolute Gasteiger partial charge is 0.322 e. The molecule has 0 bridgehead atoms. The average molecular weight is 413 g/mol. The SMILES string of the molecule is COc1ccc(SCC(=O)Nc2nnc(Cc3ccc4c(c3)OCCO4)o2)cc1. The number of carbonyl (C=O) groups is 1. The van der Waals surface area contributed by atoms with Gasteiger partial charge in [-0.2, -0.15) is 0 Å². The number of nitrogens with one attached hydrogen (secondary N) is 1. The topological polar surface area (TPSA) is 95.7 Å². The Morgan fingerprint density at radius 1 is 1.10 bits per heavy atom. The van der Waals surface area contributed by atoms with Crippen LogP contribution in [0.4, 0.5) is 6.01 Å². The van der Waals surface area contributed by atoms with Crippen LogP contribution in [0.2, 0.25) is 0 Å². The van der Waals surface area contributed by atoms with Crippen LogP contribution in [-0.2, 0) is 11.2 Å². The molecule has 2 heterocycles. The van der Waals surface area contributed by atoms with Crippen LogP contribution in [0.3, 0.4) is 0 Å². The van der Waals surface area contributed by atoms with Crippen molar-refractivity contribution >= 4 is 23.7 Å². The van der Waals surface area contributed by atoms with Gasteiger partial charge in [0.1, 0.15) is 19.0 Å². The standard InChI is InChI=1S/C20H19N3O5S/c1-25-14-3-5-15(6-4-14)29-12-18(24)21-20-23-22-19(28-20)11-13-2-7-16-17(10-13)27-9-8-26-16/h2-7,10H,8-9,11-12H2,1H3,(H,21,23,24). The molecule has 150 valence electrons. The van der Waals surface area contributed by atoms with Crippen molar-refractivity contribution in [3.05, 3.63) is 53.9 Å². The molecule has 9 heteroatoms. The van der Waals surface area contributed by atoms with Crippen LogP contribution < -0.4 is 19.5 Å². The van der Waals surface area contributed by atoms with Crippen molar-refractivity contribution in [1.29, 1.82) is 0 Å². The minimum Gasteiger partial charge on any atom is -0.497 e. The molecule has 0 atom stereocenters. The predicted molar refractivity (Wildman–Crippen MR) is 107 cm³/mol. The van der Waals surface area contributed by atoms with Gasteiger partial charge in [-0.25, -0.2) is 0 Å². The Labute approximate surface area is 171 Å². The molecule has 4 rings (SSSR count). The summed E-state index contributed by atoms with van der Waals surface area (Å²) in [6, 6.07) is 13.2. The fourth-order valence-electron chi connectivity index (χ4n) is 2.72. The van der Waals surface area contributed by atoms with E-state index in [4.69, 9.17) is 18.6 Å². The van der Waals surface area contributed by atoms with E-state index in [0.29, 0.717) is 31.3 Å². The Kier molecular flexibility index (Phi) is 5.85. The molecule has 0 saturated heterocycles. The minimum absolute atomic E-state index is 0.0814. The average Bonchev–Trinajstić information content (AvgIpc) is 3.19. The first kappa shape index (κ1) is 19.1. The molecule has 0 fully saturated rings. The Morgan fingerprint density at radius 3 is 2.69 bits per heavy atom. The highest BCUT2D eigenvalue weighted by Crippen LogP contribution is 2.31. The molecule has 1 aliphatic rings. The number of amides is 1. The number of aromatic nitrogens is 2. The lowest BCUT2D eigenvalue weighted by Gasteiger charge is -2.18. The van der Waals surface area contributed by atoms with Gasteiger partial charge in [-0.1, -0.05) is 11.2 Å². The number of ether oxygens (including phenoxy) is 3. The van der Waals surface area contributed by atoms with Crippen molar-refractivity contribution in [2.75, 3.05) is 31.4 Å². The van der Waals surface area contributed by atoms with Crippen LogP contribution in [-0.4, -0.2) is 42.2 Å². The van der Waals surface area contributed by atoms with Gasteiger partial charge in [0.05, 0.1) is 19.3 Å². The van der Waals surface area contributed by atoms with Crippen molar-refractivity contribution in [3.63, 3.8) is 0 Å². The predicted octanol–water partition coefficient (Wildman–Crippen LogP) is 3.17. The van der Waals surface area contributed by atoms with Crippen LogP contribution in [0.5, 0.6) is 17.2 Å². The largest absolute Gasteiger partial charge is 0.497 e. The summed E-state index contributed by atoms with van der Waals surface area (Å²) >= 11 is 1.41. The number of carbonyl (C=O) groups excluding carboxylic acids is 1. The lowest BCUT2D eigenvalue weighted by molar-refractivity contribution is -0.113. The number of methoxy groups -OCH3 is 1. The summed E-state index contributed by atoms with van der Waals surface area (Å²) in [5.74, 6) is 2.62. The Hall–Kier alpha value is -3.20. The third kappa shape index (κ3) is 5.00. The van der Waals surface area contributed by atoms with E-state index in [-0.39, 0.29) is 17.7 Å². The van der Waals surface area contributed by atoms with E-state index in [0.717, 1.165) is 22.0 Å². The van der Waals surface area contributed by atoms with Crippen LogP contribution in [0.1, 0.15) is 11.5 Å². The van der Waals surface area contributed by atoms with E-state index >= 15 is 0 Å². The molecule has 0 saturated carbocycles. The first-order valence-electron chi connectivity index (χ1n) is 8.97. The lowest BCUT2D eigenvalue weighted by atomic mass is 10.1. The van der Waals surface area contributed by atoms with Gasteiger partial charge in [0, 0.05) is 4.90 Å². The first-order valence-corrected chi connectivity index (χ1v) is 9.96. The maximum absolute atomic E-state index is 12.1. The first-order chi connectivity index (χ1) is 14.2. The summed E-state index contributed by atoms with van der Waals surface area (Å²) in [6.45, 7) is 1.08. The van der Waals surface area contributed by atoms with Gasteiger partial charge in [0.25, 0.3) is 0 Å². The van der Waals surface area contributed by atoms with Crippen LogP contribution in [0.25, 0.3) is 0 Å². The van der Waals surface area contributed by atoms with Gasteiger partial charge in [-0.05, 0) is 42.0 Å². The van der Waals surface area contributed by atoms with Gasteiger partial charge >= 0.3 is 6.01 Å². The molecule has 3 aromatic rings. The molecule has 2 aromatic carbocycles. The Morgan fingerprint density at radius 2 is 1.90 bits per heavy atom. The molecule has 0 aliphatic carbocycles. The van der Waals surface area contributed by atoms with Gasteiger partial charge in [0.15, 0.2) is 11.5 Å². The molecule has 0 unspecified atom stereocenters. The molecule has 29 heavy (non-hydrogen) atoms. The van der Waals surface area contributed by atoms with Crippen molar-refractivity contribution < 1.29 is 23.4 Å². The summed E-state index contributed by atoms with van der Waals surface area (Å²) in [6.07, 6.45) is 0.431. The zero-order valence-corrected chi connectivity index (χ0v) is 16.5. The highest BCUT2D eigenvalue weighted by molar-refractivity contribution is 8.00. The minimum atomic E-state index is -0.222. The molecule has 1 amide bonds. The van der Waals surface area contributed by atoms with E-state index in [9.17, 15) is 4.79 Å². The third-order valence-electron chi connectivity index (χ3n) is 4.10. The molecular formula is C20H19N3O5S. The van der Waals surface area contributed by atoms with Crippen LogP contribution in [0.15, 0.2) is 51.8 Å². The molecule has 0 radical (unpaired) electrons. The van der Waals surface area contributed by atoms with E-state index in [1.165, 1.54) is 11.8 Å². The lowest BCUT2D eigenvalue weighted by Crippen LogP contribution is -2.15. The fraction of sp³-hybridized carbons (Fsp3) is 0.250. The van der Waals surface area contributed by atoms with Gasteiger partial charge in [0.2, 0.25) is 11.8 Å². The number of hydrogen-bond acceptors (Lipinski definition) is 8. The molecule has 1 aliphatic heterocycles. The Balaban J connectivity index is 1.30. The fourth-order valence-corrected chi connectivity index (χ4v) is 3.42. The van der Waals surface area contributed by atoms with Crippen molar-refractivity contribution in [3.8, 4) is 17.2 Å². The van der Waals surface area contributed by atoms with Crippen molar-refractivity contribution in [1.82, 2.24) is 10.2 Å². The summed E-state index contributed by atoms with van der Waals surface area (Å²) in [7, 11) is 1.61.